The number of hydrogen-bond acceptors (Lipinski definition) is 5. The fourth-order valence-electron chi connectivity index (χ4n) is 3.14. The molecule has 2 aliphatic rings. The molecule has 1 saturated heterocycles. The third kappa shape index (κ3) is 2.31. The lowest BCUT2D eigenvalue weighted by atomic mass is 9.68. The van der Waals surface area contributed by atoms with Gasteiger partial charge in [-0.2, -0.15) is 0 Å². The Kier molecular flexibility index (Phi) is 3.45. The molecule has 4 unspecified atom stereocenters. The van der Waals surface area contributed by atoms with Crippen LogP contribution in [-0.2, 0) is 14.8 Å². The summed E-state index contributed by atoms with van der Waals surface area (Å²) in [5, 5.41) is 8.42. The fraction of sp³-hybridized carbons (Fsp3) is 0.538. The average Bonchev–Trinajstić information content (AvgIpc) is 2.44. The van der Waals surface area contributed by atoms with Gasteiger partial charge in [0.1, 0.15) is 4.90 Å². The molecule has 20 heavy (non-hydrogen) atoms. The van der Waals surface area contributed by atoms with E-state index in [4.69, 9.17) is 15.6 Å². The highest BCUT2D eigenvalue weighted by Gasteiger charge is 2.50. The zero-order valence-electron chi connectivity index (χ0n) is 11.0. The molecule has 5 N–H and O–H groups in total. The Morgan fingerprint density at radius 2 is 2.05 bits per heavy atom. The van der Waals surface area contributed by atoms with Crippen molar-refractivity contribution in [2.75, 3.05) is 11.9 Å². The van der Waals surface area contributed by atoms with Crippen LogP contribution in [0.1, 0.15) is 12.8 Å². The van der Waals surface area contributed by atoms with E-state index in [1.54, 1.807) is 18.2 Å². The predicted molar refractivity (Wildman–Crippen MR) is 75.7 cm³/mol. The number of hydrogen-bond donors (Lipinski definition) is 3. The quantitative estimate of drug-likeness (QED) is 0.741. The molecule has 0 radical (unpaired) electrons. The van der Waals surface area contributed by atoms with E-state index in [1.165, 1.54) is 6.07 Å². The number of nitrogens with two attached hydrogens (primary N) is 2. The summed E-state index contributed by atoms with van der Waals surface area (Å²) < 4.78 is 28.9. The zero-order valence-corrected chi connectivity index (χ0v) is 11.8. The van der Waals surface area contributed by atoms with Crippen molar-refractivity contribution in [1.29, 1.82) is 0 Å². The van der Waals surface area contributed by atoms with E-state index in [9.17, 15) is 8.42 Å². The molecule has 7 heteroatoms. The maximum atomic E-state index is 11.6. The lowest BCUT2D eigenvalue weighted by Gasteiger charge is -2.52. The van der Waals surface area contributed by atoms with Crippen LogP contribution >= 0.6 is 0 Å². The summed E-state index contributed by atoms with van der Waals surface area (Å²) in [6.07, 6.45) is 2.17. The van der Waals surface area contributed by atoms with Gasteiger partial charge in [-0.1, -0.05) is 12.1 Å². The second-order valence-corrected chi connectivity index (χ2v) is 6.96. The highest BCUT2D eigenvalue weighted by Crippen LogP contribution is 2.39. The van der Waals surface area contributed by atoms with Crippen molar-refractivity contribution < 1.29 is 13.2 Å². The van der Waals surface area contributed by atoms with Gasteiger partial charge in [0.05, 0.1) is 17.8 Å². The van der Waals surface area contributed by atoms with Gasteiger partial charge in [-0.05, 0) is 25.0 Å². The highest BCUT2D eigenvalue weighted by molar-refractivity contribution is 7.89. The first kappa shape index (κ1) is 13.8. The third-order valence-corrected chi connectivity index (χ3v) is 5.16. The van der Waals surface area contributed by atoms with Crippen molar-refractivity contribution in [2.45, 2.75) is 35.9 Å². The minimum absolute atomic E-state index is 0.0196. The van der Waals surface area contributed by atoms with E-state index in [0.717, 1.165) is 19.4 Å². The molecule has 0 amide bonds. The number of benzene rings is 1. The second kappa shape index (κ2) is 5.00. The molecule has 110 valence electrons. The molecule has 3 rings (SSSR count). The molecule has 1 heterocycles. The molecular weight excluding hydrogens is 278 g/mol. The fourth-order valence-corrected chi connectivity index (χ4v) is 3.84. The number of rotatable bonds is 3. The Morgan fingerprint density at radius 1 is 1.30 bits per heavy atom. The minimum atomic E-state index is -3.75. The van der Waals surface area contributed by atoms with Gasteiger partial charge < -0.3 is 15.8 Å². The Bertz CT molecular complexity index is 605. The van der Waals surface area contributed by atoms with Crippen molar-refractivity contribution >= 4 is 15.7 Å². The second-order valence-electron chi connectivity index (χ2n) is 5.43. The smallest absolute Gasteiger partial charge is 0.240 e. The van der Waals surface area contributed by atoms with E-state index in [1.807, 2.05) is 0 Å². The minimum Gasteiger partial charge on any atom is -0.377 e. The van der Waals surface area contributed by atoms with Crippen LogP contribution in [0.2, 0.25) is 0 Å². The van der Waals surface area contributed by atoms with Crippen LogP contribution in [0, 0.1) is 5.92 Å². The van der Waals surface area contributed by atoms with E-state index in [-0.39, 0.29) is 23.1 Å². The number of anilines is 1. The SMILES string of the molecule is NC1C2CCCOC2C1Nc1ccccc1S(N)(=O)=O. The summed E-state index contributed by atoms with van der Waals surface area (Å²) in [6.45, 7) is 0.739. The van der Waals surface area contributed by atoms with Gasteiger partial charge in [0.25, 0.3) is 0 Å². The van der Waals surface area contributed by atoms with E-state index in [0.29, 0.717) is 11.6 Å². The van der Waals surface area contributed by atoms with Gasteiger partial charge in [-0.25, -0.2) is 13.6 Å². The first-order chi connectivity index (χ1) is 9.48. The molecule has 4 atom stereocenters. The van der Waals surface area contributed by atoms with Gasteiger partial charge in [-0.15, -0.1) is 0 Å². The Balaban J connectivity index is 1.82. The van der Waals surface area contributed by atoms with Crippen molar-refractivity contribution in [1.82, 2.24) is 0 Å². The maximum absolute atomic E-state index is 11.6. The first-order valence-electron chi connectivity index (χ1n) is 6.74. The largest absolute Gasteiger partial charge is 0.377 e. The van der Waals surface area contributed by atoms with Crippen LogP contribution in [0.3, 0.4) is 0 Å². The van der Waals surface area contributed by atoms with Crippen LogP contribution < -0.4 is 16.2 Å². The van der Waals surface area contributed by atoms with Crippen LogP contribution in [0.4, 0.5) is 5.69 Å². The monoisotopic (exact) mass is 297 g/mol. The number of nitrogens with one attached hydrogen (secondary N) is 1. The van der Waals surface area contributed by atoms with Crippen LogP contribution in [0.15, 0.2) is 29.2 Å². The van der Waals surface area contributed by atoms with Gasteiger partial charge in [0.15, 0.2) is 0 Å². The number of sulfonamides is 1. The van der Waals surface area contributed by atoms with Crippen molar-refractivity contribution in [3.63, 3.8) is 0 Å². The van der Waals surface area contributed by atoms with Crippen LogP contribution in [0.25, 0.3) is 0 Å². The molecule has 1 aliphatic heterocycles. The van der Waals surface area contributed by atoms with Gasteiger partial charge in [-0.3, -0.25) is 0 Å². The zero-order chi connectivity index (χ0) is 14.3. The van der Waals surface area contributed by atoms with Gasteiger partial charge >= 0.3 is 0 Å². The predicted octanol–water partition coefficient (Wildman–Crippen LogP) is 0.251. The molecule has 0 aromatic heterocycles. The van der Waals surface area contributed by atoms with Crippen molar-refractivity contribution in [3.8, 4) is 0 Å². The van der Waals surface area contributed by atoms with E-state index in [2.05, 4.69) is 5.32 Å². The molecule has 0 spiro atoms. The summed E-state index contributed by atoms with van der Waals surface area (Å²) in [4.78, 5) is 0.0893. The average molecular weight is 297 g/mol. The Labute approximate surface area is 118 Å². The van der Waals surface area contributed by atoms with Gasteiger partial charge in [0, 0.05) is 18.6 Å². The standard InChI is InChI=1S/C13H19N3O3S/c14-11-8-4-3-7-19-13(8)12(11)16-9-5-1-2-6-10(9)20(15,17)18/h1-2,5-6,8,11-13,16H,3-4,7,14H2,(H2,15,17,18). The number of primary sulfonamides is 1. The van der Waals surface area contributed by atoms with E-state index >= 15 is 0 Å². The number of para-hydroxylation sites is 1. The summed E-state index contributed by atoms with van der Waals surface area (Å²) in [6, 6.07) is 6.51. The molecule has 1 aromatic carbocycles. The van der Waals surface area contributed by atoms with Gasteiger partial charge in [0.2, 0.25) is 10.0 Å². The van der Waals surface area contributed by atoms with Crippen LogP contribution in [0.5, 0.6) is 0 Å². The molecule has 0 bridgehead atoms. The van der Waals surface area contributed by atoms with Crippen LogP contribution in [-0.4, -0.2) is 33.2 Å². The number of ether oxygens (including phenoxy) is 1. The lowest BCUT2D eigenvalue weighted by Crippen LogP contribution is -2.69. The summed E-state index contributed by atoms with van der Waals surface area (Å²) >= 11 is 0. The summed E-state index contributed by atoms with van der Waals surface area (Å²) in [7, 11) is -3.75. The van der Waals surface area contributed by atoms with E-state index < -0.39 is 10.0 Å². The number of fused-ring (bicyclic) bond motifs is 1. The summed E-state index contributed by atoms with van der Waals surface area (Å²) in [5.74, 6) is 0.364. The maximum Gasteiger partial charge on any atom is 0.240 e. The summed E-state index contributed by atoms with van der Waals surface area (Å²) in [5.41, 5.74) is 6.65. The first-order valence-corrected chi connectivity index (χ1v) is 8.28. The molecule has 1 aliphatic carbocycles. The topological polar surface area (TPSA) is 107 Å². The molecular formula is C13H19N3O3S. The lowest BCUT2D eigenvalue weighted by molar-refractivity contribution is -0.104. The molecule has 6 nitrogen and oxygen atoms in total. The van der Waals surface area contributed by atoms with Crippen molar-refractivity contribution in [3.05, 3.63) is 24.3 Å². The third-order valence-electron chi connectivity index (χ3n) is 4.19. The highest BCUT2D eigenvalue weighted by atomic mass is 32.2. The Hall–Kier alpha value is -1.15. The molecule has 2 fully saturated rings. The van der Waals surface area contributed by atoms with Crippen molar-refractivity contribution in [2.24, 2.45) is 16.8 Å². The Morgan fingerprint density at radius 3 is 2.80 bits per heavy atom. The normalized spacial score (nSPS) is 33.1. The molecule has 1 saturated carbocycles. The molecule has 1 aromatic rings.